The minimum atomic E-state index is -0.756. The van der Waals surface area contributed by atoms with E-state index in [4.69, 9.17) is 10.5 Å². The Kier molecular flexibility index (Phi) is 6.76. The number of rotatable bonds is 7. The fraction of sp³-hybridized carbons (Fsp3) is 0.520. The monoisotopic (exact) mass is 422 g/mol. The maximum Gasteiger partial charge on any atom is 0.274 e. The number of carbonyl (C=O) groups is 1. The third-order valence-corrected chi connectivity index (χ3v) is 6.63. The number of hydrogen-bond acceptors (Lipinski definition) is 5. The Morgan fingerprint density at radius 3 is 2.52 bits per heavy atom. The second kappa shape index (κ2) is 9.69. The first-order chi connectivity index (χ1) is 15.0. The molecule has 31 heavy (non-hydrogen) atoms. The summed E-state index contributed by atoms with van der Waals surface area (Å²) in [5.41, 5.74) is 7.23. The van der Waals surface area contributed by atoms with E-state index in [2.05, 4.69) is 23.7 Å². The standard InChI is InChI=1S/C25H34N4O2/c1-18-10-8-11-19(2)28(18)16-6-3-7-17-29-21-13-4-5-14-22(21)31-24(25(29)30)20-12-9-15-23(26)27-20/h4-5,9,12-15,18-19,24H,3,6-8,10-11,16-17H2,1-2H3,(H2,26,27)/t18-,19+,24?. The number of piperidine rings is 1. The number of para-hydroxylation sites is 2. The molecule has 0 bridgehead atoms. The van der Waals surface area contributed by atoms with Crippen molar-refractivity contribution in [1.29, 1.82) is 0 Å². The number of carbonyl (C=O) groups excluding carboxylic acids is 1. The van der Waals surface area contributed by atoms with Gasteiger partial charge in [0.2, 0.25) is 6.10 Å². The lowest BCUT2D eigenvalue weighted by molar-refractivity contribution is -0.126. The number of nitrogens with two attached hydrogens (primary N) is 1. The molecule has 1 aromatic carbocycles. The predicted molar refractivity (Wildman–Crippen MR) is 124 cm³/mol. The number of hydrogen-bond donors (Lipinski definition) is 1. The highest BCUT2D eigenvalue weighted by Gasteiger charge is 2.36. The highest BCUT2D eigenvalue weighted by molar-refractivity contribution is 6.00. The van der Waals surface area contributed by atoms with Crippen LogP contribution in [0.15, 0.2) is 42.5 Å². The zero-order valence-electron chi connectivity index (χ0n) is 18.7. The maximum absolute atomic E-state index is 13.3. The minimum absolute atomic E-state index is 0.0740. The average Bonchev–Trinajstić information content (AvgIpc) is 2.76. The maximum atomic E-state index is 13.3. The van der Waals surface area contributed by atoms with E-state index in [0.29, 0.717) is 35.9 Å². The van der Waals surface area contributed by atoms with Crippen LogP contribution in [0.25, 0.3) is 0 Å². The molecule has 1 saturated heterocycles. The van der Waals surface area contributed by atoms with Gasteiger partial charge in [0.15, 0.2) is 0 Å². The van der Waals surface area contributed by atoms with Crippen molar-refractivity contribution in [1.82, 2.24) is 9.88 Å². The molecule has 1 aromatic heterocycles. The number of nitrogen functional groups attached to an aromatic ring is 1. The molecule has 2 N–H and O–H groups in total. The molecule has 1 amide bonds. The van der Waals surface area contributed by atoms with Crippen LogP contribution in [0.1, 0.15) is 64.2 Å². The average molecular weight is 423 g/mol. The van der Waals surface area contributed by atoms with E-state index in [9.17, 15) is 4.79 Å². The summed E-state index contributed by atoms with van der Waals surface area (Å²) >= 11 is 0. The summed E-state index contributed by atoms with van der Waals surface area (Å²) in [6, 6.07) is 14.4. The number of aromatic nitrogens is 1. The molecule has 0 radical (unpaired) electrons. The van der Waals surface area contributed by atoms with Gasteiger partial charge < -0.3 is 15.4 Å². The molecule has 3 atom stereocenters. The fourth-order valence-electron chi connectivity index (χ4n) is 4.91. The lowest BCUT2D eigenvalue weighted by atomic mass is 9.97. The SMILES string of the molecule is C[C@@H]1CCC[C@H](C)N1CCCCCN1C(=O)C(c2cccc(N)n2)Oc2ccccc21. The van der Waals surface area contributed by atoms with Crippen molar-refractivity contribution in [2.45, 2.75) is 70.6 Å². The van der Waals surface area contributed by atoms with Crippen LogP contribution in [0.5, 0.6) is 5.75 Å². The van der Waals surface area contributed by atoms with Crippen LogP contribution < -0.4 is 15.4 Å². The van der Waals surface area contributed by atoms with E-state index >= 15 is 0 Å². The zero-order valence-corrected chi connectivity index (χ0v) is 18.7. The van der Waals surface area contributed by atoms with Crippen LogP contribution in [0.3, 0.4) is 0 Å². The molecule has 166 valence electrons. The lowest BCUT2D eigenvalue weighted by Gasteiger charge is -2.39. The Balaban J connectivity index is 1.39. The Bertz CT molecular complexity index is 893. The molecule has 2 aliphatic heterocycles. The van der Waals surface area contributed by atoms with Crippen LogP contribution >= 0.6 is 0 Å². The van der Waals surface area contributed by atoms with Crippen LogP contribution in [-0.4, -0.2) is 41.0 Å². The van der Waals surface area contributed by atoms with Crippen LogP contribution in [-0.2, 0) is 4.79 Å². The number of anilines is 2. The van der Waals surface area contributed by atoms with E-state index in [-0.39, 0.29) is 5.91 Å². The molecule has 4 rings (SSSR count). The van der Waals surface area contributed by atoms with Gasteiger partial charge in [-0.15, -0.1) is 0 Å². The third kappa shape index (κ3) is 4.85. The Labute approximate surface area is 185 Å². The molecule has 0 spiro atoms. The molecule has 1 unspecified atom stereocenters. The topological polar surface area (TPSA) is 71.7 Å². The molecule has 2 aromatic rings. The van der Waals surface area contributed by atoms with Gasteiger partial charge in [-0.25, -0.2) is 4.98 Å². The van der Waals surface area contributed by atoms with Gasteiger partial charge in [-0.2, -0.15) is 0 Å². The molecule has 1 fully saturated rings. The van der Waals surface area contributed by atoms with Crippen molar-refractivity contribution in [3.63, 3.8) is 0 Å². The second-order valence-electron chi connectivity index (χ2n) is 8.87. The molecule has 2 aliphatic rings. The van der Waals surface area contributed by atoms with Gasteiger partial charge in [-0.05, 0) is 70.3 Å². The van der Waals surface area contributed by atoms with Gasteiger partial charge in [0, 0.05) is 18.6 Å². The first kappa shape index (κ1) is 21.6. The zero-order chi connectivity index (χ0) is 21.8. The third-order valence-electron chi connectivity index (χ3n) is 6.63. The van der Waals surface area contributed by atoms with Gasteiger partial charge in [-0.1, -0.05) is 31.0 Å². The van der Waals surface area contributed by atoms with Crippen molar-refractivity contribution >= 4 is 17.4 Å². The fourth-order valence-corrected chi connectivity index (χ4v) is 4.91. The minimum Gasteiger partial charge on any atom is -0.472 e. The van der Waals surface area contributed by atoms with Gasteiger partial charge in [0.25, 0.3) is 5.91 Å². The van der Waals surface area contributed by atoms with Crippen LogP contribution in [0.2, 0.25) is 0 Å². The number of pyridine rings is 1. The Morgan fingerprint density at radius 2 is 1.74 bits per heavy atom. The van der Waals surface area contributed by atoms with Gasteiger partial charge in [0.05, 0.1) is 11.4 Å². The van der Waals surface area contributed by atoms with Gasteiger partial charge in [0.1, 0.15) is 11.6 Å². The quantitative estimate of drug-likeness (QED) is 0.662. The summed E-state index contributed by atoms with van der Waals surface area (Å²) in [6.45, 7) is 6.53. The Hall–Kier alpha value is -2.60. The molecule has 0 aliphatic carbocycles. The second-order valence-corrected chi connectivity index (χ2v) is 8.87. The van der Waals surface area contributed by atoms with E-state index < -0.39 is 6.10 Å². The number of ether oxygens (including phenoxy) is 1. The molecule has 3 heterocycles. The van der Waals surface area contributed by atoms with Crippen molar-refractivity contribution < 1.29 is 9.53 Å². The number of nitrogens with zero attached hydrogens (tertiary/aromatic N) is 3. The summed E-state index contributed by atoms with van der Waals surface area (Å²) in [5.74, 6) is 1.03. The summed E-state index contributed by atoms with van der Waals surface area (Å²) in [5, 5.41) is 0. The van der Waals surface area contributed by atoms with Gasteiger partial charge in [-0.3, -0.25) is 9.69 Å². The lowest BCUT2D eigenvalue weighted by Crippen LogP contribution is -2.44. The number of benzene rings is 1. The van der Waals surface area contributed by atoms with E-state index in [1.54, 1.807) is 12.1 Å². The van der Waals surface area contributed by atoms with Crippen molar-refractivity contribution in [3.8, 4) is 5.75 Å². The number of likely N-dealkylation sites (tertiary alicyclic amines) is 1. The first-order valence-corrected chi connectivity index (χ1v) is 11.6. The summed E-state index contributed by atoms with van der Waals surface area (Å²) < 4.78 is 6.03. The van der Waals surface area contributed by atoms with Gasteiger partial charge >= 0.3 is 0 Å². The summed E-state index contributed by atoms with van der Waals surface area (Å²) in [7, 11) is 0. The molecular weight excluding hydrogens is 388 g/mol. The van der Waals surface area contributed by atoms with Crippen molar-refractivity contribution in [2.24, 2.45) is 0 Å². The molecular formula is C25H34N4O2. The number of amides is 1. The Morgan fingerprint density at radius 1 is 1.00 bits per heavy atom. The number of fused-ring (bicyclic) bond motifs is 1. The predicted octanol–water partition coefficient (Wildman–Crippen LogP) is 4.56. The van der Waals surface area contributed by atoms with E-state index in [1.807, 2.05) is 35.2 Å². The van der Waals surface area contributed by atoms with Crippen LogP contribution in [0.4, 0.5) is 11.5 Å². The van der Waals surface area contributed by atoms with Crippen LogP contribution in [0, 0.1) is 0 Å². The highest BCUT2D eigenvalue weighted by atomic mass is 16.5. The van der Waals surface area contributed by atoms with Crippen molar-refractivity contribution in [2.75, 3.05) is 23.7 Å². The molecule has 6 heteroatoms. The summed E-state index contributed by atoms with van der Waals surface area (Å²) in [4.78, 5) is 22.2. The molecule has 6 nitrogen and oxygen atoms in total. The summed E-state index contributed by atoms with van der Waals surface area (Å²) in [6.07, 6.45) is 6.44. The van der Waals surface area contributed by atoms with E-state index in [0.717, 1.165) is 31.5 Å². The largest absolute Gasteiger partial charge is 0.472 e. The first-order valence-electron chi connectivity index (χ1n) is 11.6. The normalized spacial score (nSPS) is 24.0. The van der Waals surface area contributed by atoms with E-state index in [1.165, 1.54) is 19.3 Å². The van der Waals surface area contributed by atoms with Crippen molar-refractivity contribution in [3.05, 3.63) is 48.2 Å². The highest BCUT2D eigenvalue weighted by Crippen LogP contribution is 2.38. The number of unbranched alkanes of at least 4 members (excludes halogenated alkanes) is 2. The molecule has 0 saturated carbocycles. The smallest absolute Gasteiger partial charge is 0.274 e.